The Morgan fingerprint density at radius 3 is 1.50 bits per heavy atom. The summed E-state index contributed by atoms with van der Waals surface area (Å²) in [5.74, 6) is 0. The molecule has 0 radical (unpaired) electrons. The van der Waals surface area contributed by atoms with Crippen LogP contribution in [0.4, 0.5) is 11.4 Å². The van der Waals surface area contributed by atoms with Crippen molar-refractivity contribution in [1.82, 2.24) is 17.5 Å². The van der Waals surface area contributed by atoms with Crippen LogP contribution in [-0.2, 0) is 0 Å². The van der Waals surface area contributed by atoms with Gasteiger partial charge in [0.15, 0.2) is 11.0 Å². The molecule has 2 aromatic carbocycles. The van der Waals surface area contributed by atoms with Crippen LogP contribution in [0.1, 0.15) is 0 Å². The van der Waals surface area contributed by atoms with E-state index in [0.717, 1.165) is 23.5 Å². The molecule has 120 valence electrons. The molecule has 4 rings (SSSR count). The van der Waals surface area contributed by atoms with Crippen molar-refractivity contribution < 1.29 is 9.85 Å². The second-order valence-corrected chi connectivity index (χ2v) is 5.39. The van der Waals surface area contributed by atoms with E-state index >= 15 is 0 Å². The van der Waals surface area contributed by atoms with Gasteiger partial charge in [0.2, 0.25) is 0 Å². The third-order valence-electron chi connectivity index (χ3n) is 2.92. The third kappa shape index (κ3) is 3.00. The summed E-state index contributed by atoms with van der Waals surface area (Å²) in [6.07, 6.45) is 0. The second-order valence-electron chi connectivity index (χ2n) is 4.33. The maximum atomic E-state index is 10.5. The van der Waals surface area contributed by atoms with E-state index < -0.39 is 9.85 Å². The highest BCUT2D eigenvalue weighted by Crippen LogP contribution is 2.23. The van der Waals surface area contributed by atoms with Crippen LogP contribution in [0, 0.1) is 20.2 Å². The molecule has 0 saturated heterocycles. The van der Waals surface area contributed by atoms with Crippen LogP contribution in [0.5, 0.6) is 0 Å². The zero-order valence-corrected chi connectivity index (χ0v) is 13.2. The summed E-state index contributed by atoms with van der Waals surface area (Å²) in [6.45, 7) is 0. The fourth-order valence-corrected chi connectivity index (χ4v) is 2.97. The molecule has 0 saturated carbocycles. The molecule has 0 fully saturated rings. The lowest BCUT2D eigenvalue weighted by atomic mass is 10.3. The molecule has 12 heteroatoms. The second kappa shape index (κ2) is 6.55. The average molecular weight is 362 g/mol. The maximum Gasteiger partial charge on any atom is 0.298 e. The third-order valence-corrected chi connectivity index (χ3v) is 4.01. The Balaban J connectivity index is 0.000000141. The summed E-state index contributed by atoms with van der Waals surface area (Å²) < 4.78 is 15.4. The van der Waals surface area contributed by atoms with Gasteiger partial charge in [-0.2, -0.15) is 17.5 Å². The number of non-ortho nitro benzene ring substituents is 2. The number of hydrogen-bond acceptors (Lipinski definition) is 10. The highest BCUT2D eigenvalue weighted by Gasteiger charge is 2.14. The molecule has 0 aliphatic heterocycles. The van der Waals surface area contributed by atoms with E-state index in [1.54, 1.807) is 24.3 Å². The number of fused-ring (bicyclic) bond motifs is 2. The molecule has 0 N–H and O–H groups in total. The van der Waals surface area contributed by atoms with Crippen molar-refractivity contribution in [3.63, 3.8) is 0 Å². The highest BCUT2D eigenvalue weighted by molar-refractivity contribution is 7.00. The fourth-order valence-electron chi connectivity index (χ4n) is 1.88. The van der Waals surface area contributed by atoms with Crippen molar-refractivity contribution in [2.24, 2.45) is 0 Å². The molecule has 10 nitrogen and oxygen atoms in total. The predicted octanol–water partition coefficient (Wildman–Crippen LogP) is 3.20. The van der Waals surface area contributed by atoms with Crippen LogP contribution < -0.4 is 0 Å². The van der Waals surface area contributed by atoms with Crippen LogP contribution in [0.2, 0.25) is 0 Å². The SMILES string of the molecule is O=[N+]([O-])c1cccc2nsnc12.O=[N+]([O-])c1cccc2nsnc12. The lowest BCUT2D eigenvalue weighted by Gasteiger charge is -1.88. The maximum absolute atomic E-state index is 10.5. The summed E-state index contributed by atoms with van der Waals surface area (Å²) in [5.41, 5.74) is 1.92. The minimum absolute atomic E-state index is 0.0150. The van der Waals surface area contributed by atoms with Crippen LogP contribution in [0.25, 0.3) is 22.1 Å². The molecule has 2 heterocycles. The molecule has 0 atom stereocenters. The molecule has 4 aromatic rings. The first kappa shape index (κ1) is 15.8. The molecule has 0 unspecified atom stereocenters. The lowest BCUT2D eigenvalue weighted by molar-refractivity contribution is -0.383. The van der Waals surface area contributed by atoms with E-state index in [4.69, 9.17) is 0 Å². The van der Waals surface area contributed by atoms with Gasteiger partial charge in [0.05, 0.1) is 33.3 Å². The minimum atomic E-state index is -0.455. The number of nitro groups is 2. The molecule has 0 bridgehead atoms. The Hall–Kier alpha value is -3.12. The van der Waals surface area contributed by atoms with E-state index in [-0.39, 0.29) is 11.4 Å². The molecule has 0 aliphatic rings. The smallest absolute Gasteiger partial charge is 0.258 e. The van der Waals surface area contributed by atoms with Crippen molar-refractivity contribution in [2.45, 2.75) is 0 Å². The molecular formula is C12H6N6O4S2. The van der Waals surface area contributed by atoms with Gasteiger partial charge in [-0.1, -0.05) is 12.1 Å². The molecule has 24 heavy (non-hydrogen) atoms. The topological polar surface area (TPSA) is 138 Å². The van der Waals surface area contributed by atoms with Gasteiger partial charge < -0.3 is 0 Å². The number of aromatic nitrogens is 4. The van der Waals surface area contributed by atoms with Gasteiger partial charge in [-0.05, 0) is 12.1 Å². The summed E-state index contributed by atoms with van der Waals surface area (Å²) in [4.78, 5) is 20.0. The Labute approximate surface area is 141 Å². The van der Waals surface area contributed by atoms with E-state index in [2.05, 4.69) is 17.5 Å². The summed E-state index contributed by atoms with van der Waals surface area (Å²) in [5, 5.41) is 20.9. The van der Waals surface area contributed by atoms with Gasteiger partial charge in [0, 0.05) is 12.1 Å². The van der Waals surface area contributed by atoms with E-state index in [1.807, 2.05) is 0 Å². The van der Waals surface area contributed by atoms with Crippen molar-refractivity contribution in [3.8, 4) is 0 Å². The fraction of sp³-hybridized carbons (Fsp3) is 0. The van der Waals surface area contributed by atoms with Crippen LogP contribution in [-0.4, -0.2) is 27.3 Å². The monoisotopic (exact) mass is 362 g/mol. The largest absolute Gasteiger partial charge is 0.298 e. The van der Waals surface area contributed by atoms with Gasteiger partial charge in [-0.3, -0.25) is 20.2 Å². The normalized spacial score (nSPS) is 10.3. The molecule has 0 spiro atoms. The Kier molecular flexibility index (Phi) is 4.31. The Morgan fingerprint density at radius 1 is 0.708 bits per heavy atom. The molecular weight excluding hydrogens is 356 g/mol. The van der Waals surface area contributed by atoms with Crippen LogP contribution in [0.15, 0.2) is 36.4 Å². The lowest BCUT2D eigenvalue weighted by Crippen LogP contribution is -1.88. The van der Waals surface area contributed by atoms with Gasteiger partial charge in [-0.25, -0.2) is 0 Å². The van der Waals surface area contributed by atoms with Crippen molar-refractivity contribution >= 4 is 56.9 Å². The Bertz CT molecular complexity index is 962. The Morgan fingerprint density at radius 2 is 1.12 bits per heavy atom. The van der Waals surface area contributed by atoms with Crippen molar-refractivity contribution in [2.75, 3.05) is 0 Å². The molecule has 0 aliphatic carbocycles. The number of hydrogen-bond donors (Lipinski definition) is 0. The number of nitrogens with zero attached hydrogens (tertiary/aromatic N) is 6. The first-order valence-corrected chi connectivity index (χ1v) is 7.75. The van der Waals surface area contributed by atoms with Crippen molar-refractivity contribution in [3.05, 3.63) is 56.6 Å². The van der Waals surface area contributed by atoms with Crippen LogP contribution >= 0.6 is 23.5 Å². The predicted molar refractivity (Wildman–Crippen MR) is 88.1 cm³/mol. The molecule has 0 amide bonds. The highest BCUT2D eigenvalue weighted by atomic mass is 32.1. The number of benzene rings is 2. The quantitative estimate of drug-likeness (QED) is 0.391. The standard InChI is InChI=1S/2C6H3N3O2S/c2*10-9(11)5-3-1-2-4-6(5)8-12-7-4/h2*1-3H. The van der Waals surface area contributed by atoms with E-state index in [1.165, 1.54) is 12.1 Å². The van der Waals surface area contributed by atoms with Gasteiger partial charge in [-0.15, -0.1) is 0 Å². The summed E-state index contributed by atoms with van der Waals surface area (Å²) >= 11 is 1.96. The first-order chi connectivity index (χ1) is 11.6. The van der Waals surface area contributed by atoms with E-state index in [9.17, 15) is 20.2 Å². The summed E-state index contributed by atoms with van der Waals surface area (Å²) in [7, 11) is 0. The van der Waals surface area contributed by atoms with E-state index in [0.29, 0.717) is 22.1 Å². The zero-order chi connectivity index (χ0) is 17.1. The van der Waals surface area contributed by atoms with Crippen LogP contribution in [0.3, 0.4) is 0 Å². The zero-order valence-electron chi connectivity index (χ0n) is 11.6. The first-order valence-electron chi connectivity index (χ1n) is 6.29. The minimum Gasteiger partial charge on any atom is -0.258 e. The van der Waals surface area contributed by atoms with Gasteiger partial charge in [0.25, 0.3) is 11.4 Å². The number of rotatable bonds is 2. The average Bonchev–Trinajstić information content (AvgIpc) is 3.23. The van der Waals surface area contributed by atoms with Crippen molar-refractivity contribution in [1.29, 1.82) is 0 Å². The summed E-state index contributed by atoms with van der Waals surface area (Å²) in [6, 6.07) is 9.44. The van der Waals surface area contributed by atoms with Gasteiger partial charge in [0.1, 0.15) is 11.0 Å². The number of nitro benzene ring substituents is 2. The van der Waals surface area contributed by atoms with Gasteiger partial charge >= 0.3 is 0 Å². The molecule has 2 aromatic heterocycles.